The Bertz CT molecular complexity index is 1800. The van der Waals surface area contributed by atoms with Gasteiger partial charge in [0, 0.05) is 12.8 Å². The lowest BCUT2D eigenvalue weighted by Gasteiger charge is -2.28. The Morgan fingerprint density at radius 1 is 0.390 bits per heavy atom. The van der Waals surface area contributed by atoms with Crippen molar-refractivity contribution in [3.8, 4) is 0 Å². The van der Waals surface area contributed by atoms with Crippen LogP contribution in [0.1, 0.15) is 271 Å². The van der Waals surface area contributed by atoms with Gasteiger partial charge in [0.05, 0.1) is 27.7 Å². The maximum atomic E-state index is 12.8. The number of rotatable bonds is 60. The largest absolute Gasteiger partial charge is 0.756 e. The minimum Gasteiger partial charge on any atom is -0.756 e. The second kappa shape index (κ2) is 62.0. The zero-order chi connectivity index (χ0) is 59.8. The quantitative estimate of drug-likeness (QED) is 0.0195. The van der Waals surface area contributed by atoms with Crippen LogP contribution in [0.15, 0.2) is 122 Å². The Kier molecular flexibility index (Phi) is 59.2. The Hall–Kier alpha value is -3.59. The van der Waals surface area contributed by atoms with Gasteiger partial charge in [-0.25, -0.2) is 0 Å². The summed E-state index contributed by atoms with van der Waals surface area (Å²) in [5, 5.41) is 0. The molecule has 0 N–H and O–H groups in total. The summed E-state index contributed by atoms with van der Waals surface area (Å²) in [5.41, 5.74) is 0. The highest BCUT2D eigenvalue weighted by Crippen LogP contribution is 2.38. The number of likely N-dealkylation sites (N-methyl/N-ethyl adjacent to an activating group) is 1. The van der Waals surface area contributed by atoms with E-state index in [4.69, 9.17) is 18.5 Å². The van der Waals surface area contributed by atoms with Crippen molar-refractivity contribution in [1.82, 2.24) is 0 Å². The van der Waals surface area contributed by atoms with Gasteiger partial charge in [0.2, 0.25) is 0 Å². The molecule has 0 fully saturated rings. The summed E-state index contributed by atoms with van der Waals surface area (Å²) < 4.78 is 34.2. The number of esters is 2. The fraction of sp³-hybridized carbons (Fsp3) is 0.694. The van der Waals surface area contributed by atoms with E-state index in [2.05, 4.69) is 135 Å². The fourth-order valence-corrected chi connectivity index (χ4v) is 9.61. The number of nitrogens with zero attached hydrogens (tertiary/aromatic N) is 1. The molecule has 0 saturated heterocycles. The third-order valence-electron chi connectivity index (χ3n) is 14.0. The van der Waals surface area contributed by atoms with E-state index in [0.29, 0.717) is 17.4 Å². The number of phosphoric ester groups is 1. The fourth-order valence-electron chi connectivity index (χ4n) is 8.88. The van der Waals surface area contributed by atoms with Gasteiger partial charge in [-0.1, -0.05) is 270 Å². The van der Waals surface area contributed by atoms with E-state index in [-0.39, 0.29) is 32.0 Å². The van der Waals surface area contributed by atoms with Crippen LogP contribution in [0, 0.1) is 0 Å². The third kappa shape index (κ3) is 65.6. The number of unbranched alkanes of at least 4 members (excludes halogenated alkanes) is 26. The van der Waals surface area contributed by atoms with E-state index in [1.807, 2.05) is 21.1 Å². The maximum Gasteiger partial charge on any atom is 0.306 e. The lowest BCUT2D eigenvalue weighted by Crippen LogP contribution is -2.37. The van der Waals surface area contributed by atoms with Crippen LogP contribution in [0.3, 0.4) is 0 Å². The van der Waals surface area contributed by atoms with E-state index in [9.17, 15) is 19.0 Å². The van der Waals surface area contributed by atoms with Crippen molar-refractivity contribution in [3.63, 3.8) is 0 Å². The Morgan fingerprint density at radius 2 is 0.695 bits per heavy atom. The van der Waals surface area contributed by atoms with Crippen molar-refractivity contribution in [3.05, 3.63) is 122 Å². The molecule has 0 bridgehead atoms. The molecule has 2 atom stereocenters. The van der Waals surface area contributed by atoms with Crippen molar-refractivity contribution in [1.29, 1.82) is 0 Å². The van der Waals surface area contributed by atoms with Gasteiger partial charge in [-0.3, -0.25) is 14.2 Å². The van der Waals surface area contributed by atoms with E-state index in [1.54, 1.807) is 0 Å². The second-order valence-corrected chi connectivity index (χ2v) is 24.5. The Labute approximate surface area is 505 Å². The highest BCUT2D eigenvalue weighted by Gasteiger charge is 2.22. The zero-order valence-electron chi connectivity index (χ0n) is 53.4. The summed E-state index contributed by atoms with van der Waals surface area (Å²) in [4.78, 5) is 38.0. The van der Waals surface area contributed by atoms with Gasteiger partial charge < -0.3 is 27.9 Å². The number of hydrogen-bond acceptors (Lipinski definition) is 8. The van der Waals surface area contributed by atoms with Crippen LogP contribution < -0.4 is 4.89 Å². The van der Waals surface area contributed by atoms with E-state index < -0.39 is 26.5 Å². The summed E-state index contributed by atoms with van der Waals surface area (Å²) in [6, 6.07) is 0. The molecule has 0 amide bonds. The molecule has 0 aromatic carbocycles. The van der Waals surface area contributed by atoms with E-state index in [0.717, 1.165) is 109 Å². The average molecular weight is 1160 g/mol. The average Bonchev–Trinajstić information content (AvgIpc) is 3.45. The molecule has 0 radical (unpaired) electrons. The van der Waals surface area contributed by atoms with Gasteiger partial charge in [0.1, 0.15) is 19.8 Å². The highest BCUT2D eigenvalue weighted by molar-refractivity contribution is 7.45. The van der Waals surface area contributed by atoms with Crippen LogP contribution in [0.25, 0.3) is 0 Å². The van der Waals surface area contributed by atoms with E-state index >= 15 is 0 Å². The first kappa shape index (κ1) is 78.4. The molecule has 0 saturated carbocycles. The third-order valence-corrected chi connectivity index (χ3v) is 14.9. The number of carbonyl (C=O) groups excluding carboxylic acids is 2. The SMILES string of the molecule is CC/C=C\C/C=C\C/C=C\C/C=C\C/C=C\C/C=C\C/C=C\C/C=C\C/C=C\CCCCCCCCCC(=O)OC(COC(=O)CCCCCCCCCCCCC/C=C\CCCCCCCCCC)COP(=O)([O-])OCC[N+](C)(C)C. The minimum absolute atomic E-state index is 0.0386. The molecule has 0 aromatic heterocycles. The molecule has 0 aliphatic heterocycles. The number of hydrogen-bond donors (Lipinski definition) is 0. The molecule has 0 rings (SSSR count). The lowest BCUT2D eigenvalue weighted by atomic mass is 10.0. The smallest absolute Gasteiger partial charge is 0.306 e. The monoisotopic (exact) mass is 1160 g/mol. The second-order valence-electron chi connectivity index (χ2n) is 23.1. The van der Waals surface area contributed by atoms with Crippen LogP contribution in [-0.4, -0.2) is 70.0 Å². The summed E-state index contributed by atoms with van der Waals surface area (Å²) in [5.74, 6) is -0.848. The van der Waals surface area contributed by atoms with Crippen molar-refractivity contribution < 1.29 is 42.1 Å². The van der Waals surface area contributed by atoms with Gasteiger partial charge in [-0.05, 0) is 109 Å². The van der Waals surface area contributed by atoms with E-state index in [1.165, 1.54) is 128 Å². The normalized spacial score (nSPS) is 14.0. The molecule has 0 aromatic rings. The van der Waals surface area contributed by atoms with Crippen molar-refractivity contribution in [2.75, 3.05) is 47.5 Å². The number of quaternary nitrogens is 1. The van der Waals surface area contributed by atoms with Crippen LogP contribution in [0.4, 0.5) is 0 Å². The zero-order valence-corrected chi connectivity index (χ0v) is 54.3. The Balaban J connectivity index is 4.16. The molecule has 0 spiro atoms. The molecule has 9 nitrogen and oxygen atoms in total. The molecule has 0 heterocycles. The predicted octanol–water partition coefficient (Wildman–Crippen LogP) is 20.9. The van der Waals surface area contributed by atoms with Crippen LogP contribution in [0.5, 0.6) is 0 Å². The van der Waals surface area contributed by atoms with Crippen molar-refractivity contribution >= 4 is 19.8 Å². The number of allylic oxidation sites excluding steroid dienone is 20. The van der Waals surface area contributed by atoms with Crippen molar-refractivity contribution in [2.45, 2.75) is 277 Å². The summed E-state index contributed by atoms with van der Waals surface area (Å²) in [7, 11) is 1.15. The predicted molar refractivity (Wildman–Crippen MR) is 351 cm³/mol. The summed E-state index contributed by atoms with van der Waals surface area (Å²) in [6.07, 6.45) is 88.3. The van der Waals surface area contributed by atoms with Crippen LogP contribution in [0.2, 0.25) is 0 Å². The minimum atomic E-state index is -4.65. The topological polar surface area (TPSA) is 111 Å². The van der Waals surface area contributed by atoms with Crippen LogP contribution >= 0.6 is 7.82 Å². The van der Waals surface area contributed by atoms with Gasteiger partial charge >= 0.3 is 11.9 Å². The van der Waals surface area contributed by atoms with Gasteiger partial charge in [-0.15, -0.1) is 0 Å². The molecule has 10 heteroatoms. The first-order valence-corrected chi connectivity index (χ1v) is 34.7. The lowest BCUT2D eigenvalue weighted by molar-refractivity contribution is -0.870. The van der Waals surface area contributed by atoms with Crippen LogP contribution in [-0.2, 0) is 32.7 Å². The maximum absolute atomic E-state index is 12.8. The standard InChI is InChI=1S/C72H124NO8P/c1-6-8-10-12-14-16-18-20-22-24-26-28-30-31-32-33-34-35-36-37-38-39-40-41-43-45-47-49-51-53-55-57-59-61-63-65-72(75)81-70(69-80-82(76,77)79-67-66-73(3,4)5)68-78-71(74)64-62-60-58-56-54-52-50-48-46-44-42-29-27-25-23-21-19-17-15-13-11-9-7-2/h8,10,14,16,20,22,25-28,31-32,34-35,37-38,40-41,45,47,70H,6-7,9,11-13,15,17-19,21,23-24,29-30,33,36,39,42-44,46,48-69H2,1-5H3/b10-8-,16-14-,22-20-,27-25-,28-26-,32-31-,35-34-,38-37-,41-40-,47-45-. The number of phosphoric acid groups is 1. The molecule has 0 aliphatic carbocycles. The Morgan fingerprint density at radius 3 is 1.05 bits per heavy atom. The number of carbonyl (C=O) groups is 2. The molecule has 82 heavy (non-hydrogen) atoms. The summed E-state index contributed by atoms with van der Waals surface area (Å²) in [6.45, 7) is 4.12. The van der Waals surface area contributed by atoms with Gasteiger partial charge in [0.15, 0.2) is 6.10 Å². The van der Waals surface area contributed by atoms with Crippen molar-refractivity contribution in [2.24, 2.45) is 0 Å². The summed E-state index contributed by atoms with van der Waals surface area (Å²) >= 11 is 0. The first-order valence-electron chi connectivity index (χ1n) is 33.2. The molecular formula is C72H124NO8P. The van der Waals surface area contributed by atoms with Gasteiger partial charge in [0.25, 0.3) is 7.82 Å². The molecule has 0 aliphatic rings. The number of ether oxygens (including phenoxy) is 2. The van der Waals surface area contributed by atoms with Gasteiger partial charge in [-0.2, -0.15) is 0 Å². The molecule has 470 valence electrons. The molecular weight excluding hydrogens is 1040 g/mol. The molecule has 2 unspecified atom stereocenters. The highest BCUT2D eigenvalue weighted by atomic mass is 31.2. The first-order chi connectivity index (χ1) is 40.0.